The summed E-state index contributed by atoms with van der Waals surface area (Å²) in [6.45, 7) is 2.53. The van der Waals surface area contributed by atoms with E-state index < -0.39 is 0 Å². The molecule has 1 aromatic carbocycles. The van der Waals surface area contributed by atoms with Crippen LogP contribution in [0.2, 0.25) is 0 Å². The fourth-order valence-corrected chi connectivity index (χ4v) is 4.85. The quantitative estimate of drug-likeness (QED) is 0.691. The van der Waals surface area contributed by atoms with Crippen molar-refractivity contribution in [3.63, 3.8) is 0 Å². The van der Waals surface area contributed by atoms with Crippen LogP contribution in [0.5, 0.6) is 0 Å². The number of nitrogens with zero attached hydrogens (tertiary/aromatic N) is 3. The Balaban J connectivity index is 1.17. The molecule has 2 amide bonds. The molecule has 0 aliphatic carbocycles. The Hall–Kier alpha value is -3.19. The fourth-order valence-electron chi connectivity index (χ4n) is 4.85. The van der Waals surface area contributed by atoms with Gasteiger partial charge in [0.1, 0.15) is 5.60 Å². The number of hydrogen-bond donors (Lipinski definition) is 1. The van der Waals surface area contributed by atoms with Gasteiger partial charge in [0.05, 0.1) is 13.1 Å². The maximum Gasteiger partial charge on any atom is 0.254 e. The van der Waals surface area contributed by atoms with Crippen LogP contribution >= 0.6 is 0 Å². The molecule has 7 heteroatoms. The van der Waals surface area contributed by atoms with Gasteiger partial charge in [0.2, 0.25) is 0 Å². The molecule has 0 radical (unpaired) electrons. The SMILES string of the molecule is Cn1ccc2cc(C(=O)N3CC4(C3)OCC[C@H]4CCNC(=O)c3ccncc3)ccc21. The lowest BCUT2D eigenvalue weighted by Crippen LogP contribution is -2.66. The molecule has 0 bridgehead atoms. The summed E-state index contributed by atoms with van der Waals surface area (Å²) in [6.07, 6.45) is 7.04. The van der Waals surface area contributed by atoms with Gasteiger partial charge in [-0.15, -0.1) is 0 Å². The molecule has 1 N–H and O–H groups in total. The average Bonchev–Trinajstić information content (AvgIpc) is 3.36. The first-order chi connectivity index (χ1) is 15.1. The highest BCUT2D eigenvalue weighted by molar-refractivity contribution is 5.98. The summed E-state index contributed by atoms with van der Waals surface area (Å²) >= 11 is 0. The number of benzene rings is 1. The Kier molecular flexibility index (Phi) is 4.98. The van der Waals surface area contributed by atoms with E-state index in [-0.39, 0.29) is 17.4 Å². The second-order valence-corrected chi connectivity index (χ2v) is 8.54. The number of amides is 2. The van der Waals surface area contributed by atoms with Gasteiger partial charge in [-0.3, -0.25) is 14.6 Å². The Morgan fingerprint density at radius 3 is 2.77 bits per heavy atom. The number of carbonyl (C=O) groups is 2. The molecule has 5 rings (SSSR count). The molecule has 3 aromatic rings. The molecule has 2 aromatic heterocycles. The number of aryl methyl sites for hydroxylation is 1. The van der Waals surface area contributed by atoms with Crippen LogP contribution in [0, 0.1) is 5.92 Å². The van der Waals surface area contributed by atoms with Crippen molar-refractivity contribution >= 4 is 22.7 Å². The third kappa shape index (κ3) is 3.59. The number of likely N-dealkylation sites (tertiary alicyclic amines) is 1. The van der Waals surface area contributed by atoms with Crippen molar-refractivity contribution in [2.75, 3.05) is 26.2 Å². The Labute approximate surface area is 181 Å². The van der Waals surface area contributed by atoms with E-state index in [4.69, 9.17) is 4.74 Å². The summed E-state index contributed by atoms with van der Waals surface area (Å²) in [5.41, 5.74) is 2.17. The minimum absolute atomic E-state index is 0.0524. The standard InChI is InChI=1S/C24H26N4O3/c1-27-12-7-18-14-19(2-3-21(18)27)23(30)28-15-24(16-28)20(8-13-31-24)6-11-26-22(29)17-4-9-25-10-5-17/h2-5,7,9-10,12,14,20H,6,8,11,13,15-16H2,1H3,(H,26,29)/t20-/m1/s1. The minimum atomic E-state index is -0.270. The van der Waals surface area contributed by atoms with Crippen molar-refractivity contribution in [2.24, 2.45) is 13.0 Å². The first-order valence-electron chi connectivity index (χ1n) is 10.7. The number of pyridine rings is 1. The van der Waals surface area contributed by atoms with Crippen molar-refractivity contribution in [1.82, 2.24) is 19.8 Å². The first kappa shape index (κ1) is 19.8. The van der Waals surface area contributed by atoms with E-state index in [0.29, 0.717) is 43.3 Å². The zero-order chi connectivity index (χ0) is 21.4. The number of hydrogen-bond acceptors (Lipinski definition) is 4. The largest absolute Gasteiger partial charge is 0.371 e. The number of carbonyl (C=O) groups excluding carboxylic acids is 2. The summed E-state index contributed by atoms with van der Waals surface area (Å²) in [6, 6.07) is 11.3. The molecule has 2 aliphatic heterocycles. The summed E-state index contributed by atoms with van der Waals surface area (Å²) in [5, 5.41) is 4.06. The van der Waals surface area contributed by atoms with Crippen LogP contribution in [0.1, 0.15) is 33.6 Å². The maximum atomic E-state index is 13.0. The molecule has 4 heterocycles. The van der Waals surface area contributed by atoms with Gasteiger partial charge >= 0.3 is 0 Å². The predicted molar refractivity (Wildman–Crippen MR) is 117 cm³/mol. The van der Waals surface area contributed by atoms with Gasteiger partial charge in [-0.05, 0) is 55.2 Å². The number of aromatic nitrogens is 2. The van der Waals surface area contributed by atoms with Crippen LogP contribution in [0.4, 0.5) is 0 Å². The van der Waals surface area contributed by atoms with Crippen LogP contribution in [-0.4, -0.2) is 58.1 Å². The summed E-state index contributed by atoms with van der Waals surface area (Å²) < 4.78 is 8.15. The lowest BCUT2D eigenvalue weighted by molar-refractivity contribution is -0.117. The molecule has 7 nitrogen and oxygen atoms in total. The molecule has 160 valence electrons. The second-order valence-electron chi connectivity index (χ2n) is 8.54. The molecular formula is C24H26N4O3. The van der Waals surface area contributed by atoms with Crippen molar-refractivity contribution in [3.05, 3.63) is 66.1 Å². The van der Waals surface area contributed by atoms with Crippen molar-refractivity contribution in [3.8, 4) is 0 Å². The monoisotopic (exact) mass is 418 g/mol. The maximum absolute atomic E-state index is 13.0. The first-order valence-corrected chi connectivity index (χ1v) is 10.7. The van der Waals surface area contributed by atoms with E-state index in [1.165, 1.54) is 0 Å². The molecule has 2 saturated heterocycles. The van der Waals surface area contributed by atoms with Gasteiger partial charge < -0.3 is 19.5 Å². The van der Waals surface area contributed by atoms with Gasteiger partial charge in [-0.1, -0.05) is 0 Å². The number of fused-ring (bicyclic) bond motifs is 1. The van der Waals surface area contributed by atoms with Crippen molar-refractivity contribution < 1.29 is 14.3 Å². The van der Waals surface area contributed by atoms with Gasteiger partial charge in [0.25, 0.3) is 11.8 Å². The Morgan fingerprint density at radius 2 is 1.97 bits per heavy atom. The third-order valence-electron chi connectivity index (χ3n) is 6.66. The predicted octanol–water partition coefficient (Wildman–Crippen LogP) is 2.62. The third-order valence-corrected chi connectivity index (χ3v) is 6.66. The number of nitrogens with one attached hydrogen (secondary N) is 1. The van der Waals surface area contributed by atoms with Gasteiger partial charge in [0, 0.05) is 60.8 Å². The van der Waals surface area contributed by atoms with Crippen LogP contribution in [0.15, 0.2) is 55.0 Å². The Bertz CT molecular complexity index is 1120. The highest BCUT2D eigenvalue weighted by Gasteiger charge is 2.54. The van der Waals surface area contributed by atoms with E-state index in [9.17, 15) is 9.59 Å². The van der Waals surface area contributed by atoms with E-state index in [1.807, 2.05) is 47.0 Å². The molecule has 1 atom stereocenters. The van der Waals surface area contributed by atoms with E-state index in [1.54, 1.807) is 24.5 Å². The molecule has 1 spiro atoms. The average molecular weight is 418 g/mol. The fraction of sp³-hybridized carbons (Fsp3) is 0.375. The lowest BCUT2D eigenvalue weighted by Gasteiger charge is -2.50. The normalized spacial score (nSPS) is 19.5. The number of ether oxygens (including phenoxy) is 1. The van der Waals surface area contributed by atoms with Gasteiger partial charge in [-0.2, -0.15) is 0 Å². The van der Waals surface area contributed by atoms with Gasteiger partial charge in [-0.25, -0.2) is 0 Å². The molecule has 0 saturated carbocycles. The smallest absolute Gasteiger partial charge is 0.254 e. The molecule has 2 aliphatic rings. The summed E-state index contributed by atoms with van der Waals surface area (Å²) in [7, 11) is 2.00. The van der Waals surface area contributed by atoms with E-state index in [2.05, 4.69) is 10.3 Å². The highest BCUT2D eigenvalue weighted by atomic mass is 16.5. The van der Waals surface area contributed by atoms with E-state index >= 15 is 0 Å². The molecule has 2 fully saturated rings. The molecule has 31 heavy (non-hydrogen) atoms. The zero-order valence-electron chi connectivity index (χ0n) is 17.6. The highest BCUT2D eigenvalue weighted by Crippen LogP contribution is 2.42. The van der Waals surface area contributed by atoms with Crippen molar-refractivity contribution in [2.45, 2.75) is 18.4 Å². The van der Waals surface area contributed by atoms with Gasteiger partial charge in [0.15, 0.2) is 0 Å². The Morgan fingerprint density at radius 1 is 1.16 bits per heavy atom. The van der Waals surface area contributed by atoms with E-state index in [0.717, 1.165) is 23.7 Å². The van der Waals surface area contributed by atoms with Crippen LogP contribution < -0.4 is 5.32 Å². The molecular weight excluding hydrogens is 392 g/mol. The van der Waals surface area contributed by atoms with Crippen molar-refractivity contribution in [1.29, 1.82) is 0 Å². The van der Waals surface area contributed by atoms with Crippen LogP contribution in [-0.2, 0) is 11.8 Å². The number of rotatable bonds is 5. The summed E-state index contributed by atoms with van der Waals surface area (Å²) in [4.78, 5) is 31.0. The summed E-state index contributed by atoms with van der Waals surface area (Å²) in [5.74, 6) is 0.305. The van der Waals surface area contributed by atoms with Crippen LogP contribution in [0.25, 0.3) is 10.9 Å². The second kappa shape index (κ2) is 7.81. The topological polar surface area (TPSA) is 76.5 Å². The lowest BCUT2D eigenvalue weighted by atomic mass is 9.78. The molecule has 0 unspecified atom stereocenters. The minimum Gasteiger partial charge on any atom is -0.371 e. The zero-order valence-corrected chi connectivity index (χ0v) is 17.6. The van der Waals surface area contributed by atoms with Crippen LogP contribution in [0.3, 0.4) is 0 Å².